The second kappa shape index (κ2) is 7.38. The van der Waals surface area contributed by atoms with Gasteiger partial charge in [0.25, 0.3) is 0 Å². The Morgan fingerprint density at radius 1 is 0.870 bits per heavy atom. The fourth-order valence-corrected chi connectivity index (χ4v) is 2.59. The molecule has 4 heteroatoms. The first-order valence-corrected chi connectivity index (χ1v) is 9.11. The summed E-state index contributed by atoms with van der Waals surface area (Å²) in [5.74, 6) is -0.652. The van der Waals surface area contributed by atoms with Crippen molar-refractivity contribution in [1.82, 2.24) is 0 Å². The first-order chi connectivity index (χ1) is 10.4. The molecule has 0 bridgehead atoms. The highest BCUT2D eigenvalue weighted by molar-refractivity contribution is 4.88. The molecular formula is C19H38O4. The van der Waals surface area contributed by atoms with E-state index in [2.05, 4.69) is 34.6 Å². The lowest BCUT2D eigenvalue weighted by molar-refractivity contribution is -0.559. The third-order valence-corrected chi connectivity index (χ3v) is 5.28. The SMILES string of the molecule is CCC(C)(C)OOC1(OOC(C)(C)CC)CCC(C)(C)CC1C. The van der Waals surface area contributed by atoms with Crippen LogP contribution in [-0.2, 0) is 19.6 Å². The fraction of sp³-hybridized carbons (Fsp3) is 1.00. The summed E-state index contributed by atoms with van der Waals surface area (Å²) in [7, 11) is 0. The third kappa shape index (κ3) is 6.00. The van der Waals surface area contributed by atoms with Gasteiger partial charge < -0.3 is 0 Å². The van der Waals surface area contributed by atoms with Gasteiger partial charge in [-0.05, 0) is 58.8 Å². The second-order valence-electron chi connectivity index (χ2n) is 9.14. The highest BCUT2D eigenvalue weighted by Crippen LogP contribution is 2.47. The van der Waals surface area contributed by atoms with E-state index in [1.807, 2.05) is 27.7 Å². The minimum atomic E-state index is -0.839. The van der Waals surface area contributed by atoms with E-state index < -0.39 is 5.79 Å². The quantitative estimate of drug-likeness (QED) is 0.320. The molecule has 0 spiro atoms. The molecule has 1 saturated carbocycles. The van der Waals surface area contributed by atoms with Crippen molar-refractivity contribution in [2.45, 2.75) is 111 Å². The Kier molecular flexibility index (Phi) is 6.70. The standard InChI is InChI=1S/C19H38O4/c1-10-17(6,7)20-22-19(23-21-18(8,9)11-2)13-12-16(4,5)14-15(19)3/h15H,10-14H2,1-9H3. The van der Waals surface area contributed by atoms with Crippen LogP contribution in [0.3, 0.4) is 0 Å². The van der Waals surface area contributed by atoms with Gasteiger partial charge in [0.2, 0.25) is 5.79 Å². The van der Waals surface area contributed by atoms with Gasteiger partial charge in [-0.15, -0.1) is 0 Å². The lowest BCUT2D eigenvalue weighted by Crippen LogP contribution is -2.50. The van der Waals surface area contributed by atoms with Gasteiger partial charge in [-0.25, -0.2) is 9.78 Å². The molecule has 4 nitrogen and oxygen atoms in total. The summed E-state index contributed by atoms with van der Waals surface area (Å²) in [5.41, 5.74) is -0.400. The van der Waals surface area contributed by atoms with Gasteiger partial charge >= 0.3 is 0 Å². The van der Waals surface area contributed by atoms with Crippen molar-refractivity contribution in [3.05, 3.63) is 0 Å². The summed E-state index contributed by atoms with van der Waals surface area (Å²) in [5, 5.41) is 0. The number of hydrogen-bond donors (Lipinski definition) is 0. The van der Waals surface area contributed by atoms with Crippen LogP contribution in [0.4, 0.5) is 0 Å². The van der Waals surface area contributed by atoms with Crippen LogP contribution in [0.2, 0.25) is 0 Å². The minimum absolute atomic E-state index is 0.187. The van der Waals surface area contributed by atoms with Crippen molar-refractivity contribution < 1.29 is 19.6 Å². The van der Waals surface area contributed by atoms with Crippen LogP contribution in [0.15, 0.2) is 0 Å². The molecule has 0 aliphatic heterocycles. The highest BCUT2D eigenvalue weighted by Gasteiger charge is 2.50. The third-order valence-electron chi connectivity index (χ3n) is 5.28. The predicted molar refractivity (Wildman–Crippen MR) is 92.6 cm³/mol. The topological polar surface area (TPSA) is 36.9 Å². The summed E-state index contributed by atoms with van der Waals surface area (Å²) in [6.45, 7) is 19.0. The first-order valence-electron chi connectivity index (χ1n) is 9.11. The van der Waals surface area contributed by atoms with Crippen molar-refractivity contribution in [2.24, 2.45) is 11.3 Å². The van der Waals surface area contributed by atoms with Crippen molar-refractivity contribution >= 4 is 0 Å². The van der Waals surface area contributed by atoms with Crippen LogP contribution in [0.1, 0.15) is 94.4 Å². The van der Waals surface area contributed by atoms with E-state index in [-0.39, 0.29) is 22.5 Å². The fourth-order valence-electron chi connectivity index (χ4n) is 2.59. The van der Waals surface area contributed by atoms with Crippen molar-refractivity contribution in [3.63, 3.8) is 0 Å². The van der Waals surface area contributed by atoms with Crippen LogP contribution in [0.5, 0.6) is 0 Å². The number of rotatable bonds is 8. The average molecular weight is 331 g/mol. The zero-order valence-electron chi connectivity index (χ0n) is 16.7. The Balaban J connectivity index is 2.88. The molecule has 138 valence electrons. The summed E-state index contributed by atoms with van der Waals surface area (Å²) in [6, 6.07) is 0. The zero-order valence-corrected chi connectivity index (χ0v) is 16.7. The van der Waals surface area contributed by atoms with Crippen LogP contribution in [0.25, 0.3) is 0 Å². The van der Waals surface area contributed by atoms with E-state index in [1.165, 1.54) is 0 Å². The largest absolute Gasteiger partial charge is 0.236 e. The van der Waals surface area contributed by atoms with Crippen molar-refractivity contribution in [2.75, 3.05) is 0 Å². The summed E-state index contributed by atoms with van der Waals surface area (Å²) in [4.78, 5) is 23.4. The van der Waals surface area contributed by atoms with Gasteiger partial charge in [0, 0.05) is 12.3 Å². The van der Waals surface area contributed by atoms with Crippen LogP contribution in [-0.4, -0.2) is 17.0 Å². The molecule has 0 aromatic rings. The molecule has 0 amide bonds. The molecule has 0 saturated heterocycles. The zero-order chi connectivity index (χ0) is 17.9. The normalized spacial score (nSPS) is 24.7. The second-order valence-corrected chi connectivity index (χ2v) is 9.14. The molecule has 0 heterocycles. The number of hydrogen-bond acceptors (Lipinski definition) is 4. The van der Waals surface area contributed by atoms with Crippen LogP contribution >= 0.6 is 0 Å². The molecule has 1 atom stereocenters. The lowest BCUT2D eigenvalue weighted by Gasteiger charge is -2.46. The van der Waals surface area contributed by atoms with Gasteiger partial charge in [0.05, 0.1) is 11.2 Å². The molecular weight excluding hydrogens is 292 g/mol. The van der Waals surface area contributed by atoms with E-state index in [4.69, 9.17) is 19.6 Å². The van der Waals surface area contributed by atoms with Gasteiger partial charge in [-0.1, -0.05) is 34.6 Å². The maximum Gasteiger partial charge on any atom is 0.236 e. The molecule has 0 radical (unpaired) electrons. The average Bonchev–Trinajstić information content (AvgIpc) is 2.45. The van der Waals surface area contributed by atoms with Gasteiger partial charge in [-0.2, -0.15) is 9.78 Å². The lowest BCUT2D eigenvalue weighted by atomic mass is 9.70. The molecule has 23 heavy (non-hydrogen) atoms. The Hall–Kier alpha value is -0.160. The predicted octanol–water partition coefficient (Wildman–Crippen LogP) is 5.80. The molecule has 1 aliphatic carbocycles. The van der Waals surface area contributed by atoms with Crippen molar-refractivity contribution in [1.29, 1.82) is 0 Å². The van der Waals surface area contributed by atoms with E-state index in [9.17, 15) is 0 Å². The Morgan fingerprint density at radius 3 is 1.65 bits per heavy atom. The Morgan fingerprint density at radius 2 is 1.30 bits per heavy atom. The molecule has 1 aliphatic rings. The molecule has 0 aromatic heterocycles. The van der Waals surface area contributed by atoms with Gasteiger partial charge in [-0.3, -0.25) is 0 Å². The smallest absolute Gasteiger partial charge is 0.228 e. The van der Waals surface area contributed by atoms with E-state index in [0.717, 1.165) is 32.1 Å². The molecule has 1 rings (SSSR count). The summed E-state index contributed by atoms with van der Waals surface area (Å²) in [6.07, 6.45) is 4.53. The van der Waals surface area contributed by atoms with Crippen molar-refractivity contribution in [3.8, 4) is 0 Å². The summed E-state index contributed by atoms with van der Waals surface area (Å²) < 4.78 is 0. The maximum absolute atomic E-state index is 5.92. The molecule has 0 N–H and O–H groups in total. The first kappa shape index (κ1) is 20.9. The Labute approximate surface area is 143 Å². The van der Waals surface area contributed by atoms with Gasteiger partial charge in [0.15, 0.2) is 0 Å². The molecule has 0 aromatic carbocycles. The van der Waals surface area contributed by atoms with E-state index in [0.29, 0.717) is 0 Å². The van der Waals surface area contributed by atoms with Gasteiger partial charge in [0.1, 0.15) is 0 Å². The van der Waals surface area contributed by atoms with Crippen LogP contribution in [0, 0.1) is 11.3 Å². The highest BCUT2D eigenvalue weighted by atomic mass is 17.3. The van der Waals surface area contributed by atoms with E-state index >= 15 is 0 Å². The molecule has 1 fully saturated rings. The molecule has 1 unspecified atom stereocenters. The van der Waals surface area contributed by atoms with Crippen LogP contribution < -0.4 is 0 Å². The Bertz CT molecular complexity index is 354. The van der Waals surface area contributed by atoms with E-state index in [1.54, 1.807) is 0 Å². The maximum atomic E-state index is 5.92. The summed E-state index contributed by atoms with van der Waals surface area (Å²) >= 11 is 0. The minimum Gasteiger partial charge on any atom is -0.228 e. The monoisotopic (exact) mass is 330 g/mol.